The van der Waals surface area contributed by atoms with Crippen LogP contribution < -0.4 is 11.3 Å². The molecular weight excluding hydrogens is 278 g/mol. The molecule has 0 bridgehead atoms. The summed E-state index contributed by atoms with van der Waals surface area (Å²) in [5, 5.41) is 0.452. The van der Waals surface area contributed by atoms with Crippen LogP contribution in [0.4, 0.5) is 0 Å². The third kappa shape index (κ3) is 2.41. The molecule has 0 saturated carbocycles. The Bertz CT molecular complexity index is 709. The molecule has 0 aliphatic rings. The first-order valence-electron chi connectivity index (χ1n) is 6.32. The molecule has 0 fully saturated rings. The van der Waals surface area contributed by atoms with E-state index >= 15 is 0 Å². The molecule has 1 aromatic carbocycles. The summed E-state index contributed by atoms with van der Waals surface area (Å²) in [7, 11) is 0. The molecule has 2 aromatic rings. The molecule has 0 saturated heterocycles. The van der Waals surface area contributed by atoms with Crippen LogP contribution in [0.2, 0.25) is 0 Å². The molecule has 2 N–H and O–H groups in total. The Morgan fingerprint density at radius 2 is 2.05 bits per heavy atom. The maximum atomic E-state index is 12.6. The second-order valence-corrected chi connectivity index (χ2v) is 5.21. The molecule has 1 unspecified atom stereocenters. The van der Waals surface area contributed by atoms with E-state index in [4.69, 9.17) is 17.3 Å². The minimum Gasteiger partial charge on any atom is -0.368 e. The number of benzene rings is 1. The van der Waals surface area contributed by atoms with Gasteiger partial charge >= 0.3 is 0 Å². The van der Waals surface area contributed by atoms with Crippen LogP contribution in [0.5, 0.6) is 0 Å². The third-order valence-electron chi connectivity index (χ3n) is 3.20. The summed E-state index contributed by atoms with van der Waals surface area (Å²) in [5.74, 6) is -0.301. The van der Waals surface area contributed by atoms with Gasteiger partial charge in [0, 0.05) is 0 Å². The van der Waals surface area contributed by atoms with Gasteiger partial charge < -0.3 is 5.73 Å². The topological polar surface area (TPSA) is 78.0 Å². The number of aromatic nitrogens is 2. The molecule has 20 heavy (non-hydrogen) atoms. The summed E-state index contributed by atoms with van der Waals surface area (Å²) in [6, 6.07) is 6.22. The highest BCUT2D eigenvalue weighted by atomic mass is 35.5. The average molecular weight is 294 g/mol. The predicted molar refractivity (Wildman–Crippen MR) is 78.6 cm³/mol. The Kier molecular flexibility index (Phi) is 4.09. The maximum Gasteiger partial charge on any atom is 0.262 e. The Labute approximate surface area is 121 Å². The van der Waals surface area contributed by atoms with Crippen LogP contribution in [-0.2, 0) is 10.7 Å². The number of carbonyl (C=O) groups is 1. The minimum absolute atomic E-state index is 0.0383. The standard InChI is InChI=1S/C14H16ClN3O2/c1-8(2)12(13(16)19)18-11(7-15)17-10-6-4-3-5-9(10)14(18)20/h3-6,8,12H,7H2,1-2H3,(H2,16,19). The number of fused-ring (bicyclic) bond motifs is 1. The second-order valence-electron chi connectivity index (χ2n) is 4.95. The summed E-state index contributed by atoms with van der Waals surface area (Å²) in [6.45, 7) is 3.66. The van der Waals surface area contributed by atoms with Crippen LogP contribution in [0, 0.1) is 5.92 Å². The highest BCUT2D eigenvalue weighted by Gasteiger charge is 2.26. The van der Waals surface area contributed by atoms with Gasteiger partial charge in [-0.1, -0.05) is 26.0 Å². The summed E-state index contributed by atoms with van der Waals surface area (Å²) in [4.78, 5) is 28.7. The Morgan fingerprint density at radius 3 is 2.60 bits per heavy atom. The molecule has 1 atom stereocenters. The van der Waals surface area contributed by atoms with Gasteiger partial charge in [-0.05, 0) is 18.1 Å². The van der Waals surface area contributed by atoms with E-state index in [2.05, 4.69) is 4.98 Å². The number of hydrogen-bond donors (Lipinski definition) is 1. The van der Waals surface area contributed by atoms with Crippen molar-refractivity contribution < 1.29 is 4.79 Å². The van der Waals surface area contributed by atoms with Gasteiger partial charge in [0.15, 0.2) is 0 Å². The molecule has 106 valence electrons. The predicted octanol–water partition coefficient (Wildman–Crippen LogP) is 1.82. The molecular formula is C14H16ClN3O2. The van der Waals surface area contributed by atoms with E-state index in [9.17, 15) is 9.59 Å². The lowest BCUT2D eigenvalue weighted by Gasteiger charge is -2.22. The van der Waals surface area contributed by atoms with Crippen LogP contribution in [0.3, 0.4) is 0 Å². The number of nitrogens with zero attached hydrogens (tertiary/aromatic N) is 2. The quantitative estimate of drug-likeness (QED) is 0.873. The summed E-state index contributed by atoms with van der Waals surface area (Å²) < 4.78 is 1.32. The zero-order chi connectivity index (χ0) is 14.9. The van der Waals surface area contributed by atoms with Crippen molar-refractivity contribution in [3.63, 3.8) is 0 Å². The monoisotopic (exact) mass is 293 g/mol. The fourth-order valence-electron chi connectivity index (χ4n) is 2.33. The molecule has 0 aliphatic carbocycles. The number of halogens is 1. The van der Waals surface area contributed by atoms with Crippen LogP contribution in [0.1, 0.15) is 25.7 Å². The highest BCUT2D eigenvalue weighted by Crippen LogP contribution is 2.19. The van der Waals surface area contributed by atoms with Crippen molar-refractivity contribution in [2.75, 3.05) is 0 Å². The minimum atomic E-state index is -0.756. The van der Waals surface area contributed by atoms with Crippen molar-refractivity contribution in [1.29, 1.82) is 0 Å². The van der Waals surface area contributed by atoms with E-state index in [1.165, 1.54) is 4.57 Å². The van der Waals surface area contributed by atoms with Gasteiger partial charge in [-0.15, -0.1) is 11.6 Å². The summed E-state index contributed by atoms with van der Waals surface area (Å²) >= 11 is 5.88. The van der Waals surface area contributed by atoms with Gasteiger partial charge in [-0.2, -0.15) is 0 Å². The molecule has 0 radical (unpaired) electrons. The molecule has 6 heteroatoms. The van der Waals surface area contributed by atoms with Gasteiger partial charge in [-0.3, -0.25) is 14.2 Å². The van der Waals surface area contributed by atoms with E-state index in [-0.39, 0.29) is 17.4 Å². The number of carbonyl (C=O) groups excluding carboxylic acids is 1. The van der Waals surface area contributed by atoms with E-state index in [1.54, 1.807) is 24.3 Å². The smallest absolute Gasteiger partial charge is 0.262 e. The van der Waals surface area contributed by atoms with E-state index < -0.39 is 11.9 Å². The number of amides is 1. The Balaban J connectivity index is 2.83. The fourth-order valence-corrected chi connectivity index (χ4v) is 2.52. The number of hydrogen-bond acceptors (Lipinski definition) is 3. The van der Waals surface area contributed by atoms with Crippen LogP contribution in [0.15, 0.2) is 29.1 Å². The first-order valence-corrected chi connectivity index (χ1v) is 6.86. The normalized spacial score (nSPS) is 12.8. The zero-order valence-corrected chi connectivity index (χ0v) is 12.1. The Morgan fingerprint density at radius 1 is 1.40 bits per heavy atom. The van der Waals surface area contributed by atoms with Gasteiger partial charge in [0.1, 0.15) is 11.9 Å². The van der Waals surface area contributed by atoms with Crippen LogP contribution in [-0.4, -0.2) is 15.5 Å². The van der Waals surface area contributed by atoms with Crippen LogP contribution in [0.25, 0.3) is 10.9 Å². The molecule has 0 spiro atoms. The van der Waals surface area contributed by atoms with Crippen LogP contribution >= 0.6 is 11.6 Å². The van der Waals surface area contributed by atoms with E-state index in [0.717, 1.165) is 0 Å². The number of primary amides is 1. The number of nitrogens with two attached hydrogens (primary N) is 1. The van der Waals surface area contributed by atoms with Crippen molar-refractivity contribution in [3.8, 4) is 0 Å². The first kappa shape index (κ1) is 14.5. The zero-order valence-electron chi connectivity index (χ0n) is 11.3. The summed E-state index contributed by atoms with van der Waals surface area (Å²) in [5.41, 5.74) is 5.71. The lowest BCUT2D eigenvalue weighted by molar-refractivity contribution is -0.122. The van der Waals surface area contributed by atoms with Crippen molar-refractivity contribution >= 4 is 28.4 Å². The van der Waals surface area contributed by atoms with E-state index in [0.29, 0.717) is 16.7 Å². The molecule has 5 nitrogen and oxygen atoms in total. The average Bonchev–Trinajstić information content (AvgIpc) is 2.40. The number of para-hydroxylation sites is 1. The number of rotatable bonds is 4. The fraction of sp³-hybridized carbons (Fsp3) is 0.357. The second kappa shape index (κ2) is 5.63. The first-order chi connectivity index (χ1) is 9.47. The van der Waals surface area contributed by atoms with Gasteiger partial charge in [0.2, 0.25) is 5.91 Å². The third-order valence-corrected chi connectivity index (χ3v) is 3.44. The Hall–Kier alpha value is -1.88. The van der Waals surface area contributed by atoms with Gasteiger partial charge in [-0.25, -0.2) is 4.98 Å². The van der Waals surface area contributed by atoms with Crippen molar-refractivity contribution in [3.05, 3.63) is 40.4 Å². The lowest BCUT2D eigenvalue weighted by Crippen LogP contribution is -2.39. The van der Waals surface area contributed by atoms with Crippen molar-refractivity contribution in [2.45, 2.75) is 25.8 Å². The summed E-state index contributed by atoms with van der Waals surface area (Å²) in [6.07, 6.45) is 0. The number of alkyl halides is 1. The molecule has 2 rings (SSSR count). The largest absolute Gasteiger partial charge is 0.368 e. The molecule has 1 aromatic heterocycles. The van der Waals surface area contributed by atoms with E-state index in [1.807, 2.05) is 13.8 Å². The van der Waals surface area contributed by atoms with Gasteiger partial charge in [0.05, 0.1) is 16.8 Å². The molecule has 0 aliphatic heterocycles. The van der Waals surface area contributed by atoms with Gasteiger partial charge in [0.25, 0.3) is 5.56 Å². The highest BCUT2D eigenvalue weighted by molar-refractivity contribution is 6.16. The van der Waals surface area contributed by atoms with Crippen molar-refractivity contribution in [2.24, 2.45) is 11.7 Å². The maximum absolute atomic E-state index is 12.6. The SMILES string of the molecule is CC(C)C(C(N)=O)n1c(CCl)nc2ccccc2c1=O. The lowest BCUT2D eigenvalue weighted by atomic mass is 10.0. The van der Waals surface area contributed by atoms with Crippen molar-refractivity contribution in [1.82, 2.24) is 9.55 Å². The molecule has 1 amide bonds. The molecule has 1 heterocycles.